The van der Waals surface area contributed by atoms with E-state index in [1.165, 1.54) is 4.68 Å². The van der Waals surface area contributed by atoms with Gasteiger partial charge in [0.2, 0.25) is 5.95 Å². The maximum atomic E-state index is 11.8. The Morgan fingerprint density at radius 1 is 1.29 bits per heavy atom. The summed E-state index contributed by atoms with van der Waals surface area (Å²) >= 11 is 0. The van der Waals surface area contributed by atoms with Crippen LogP contribution >= 0.6 is 0 Å². The minimum atomic E-state index is -0.0642. The van der Waals surface area contributed by atoms with Gasteiger partial charge in [0, 0.05) is 30.2 Å². The molecule has 1 fully saturated rings. The molecule has 2 aromatic heterocycles. The molecule has 6 nitrogen and oxygen atoms in total. The van der Waals surface area contributed by atoms with E-state index >= 15 is 0 Å². The minimum Gasteiger partial charge on any atom is -0.336 e. The van der Waals surface area contributed by atoms with Gasteiger partial charge in [0.1, 0.15) is 0 Å². The highest BCUT2D eigenvalue weighted by Gasteiger charge is 2.27. The Kier molecular flexibility index (Phi) is 3.68. The van der Waals surface area contributed by atoms with Gasteiger partial charge in [0.25, 0.3) is 5.56 Å². The molecular weight excluding hydrogens is 266 g/mol. The van der Waals surface area contributed by atoms with Gasteiger partial charge in [-0.3, -0.25) is 4.79 Å². The molecule has 3 rings (SSSR count). The zero-order chi connectivity index (χ0) is 14.8. The SMILES string of the molecule is Cc1cc(C)nc(N2CCCC2Cn2ncccc2=O)n1. The van der Waals surface area contributed by atoms with E-state index in [2.05, 4.69) is 20.0 Å². The van der Waals surface area contributed by atoms with Gasteiger partial charge in [0.15, 0.2) is 0 Å². The van der Waals surface area contributed by atoms with Crippen molar-refractivity contribution >= 4 is 5.95 Å². The maximum Gasteiger partial charge on any atom is 0.266 e. The molecule has 0 amide bonds. The first-order valence-electron chi connectivity index (χ1n) is 7.24. The fourth-order valence-electron chi connectivity index (χ4n) is 2.85. The third-order valence-corrected chi connectivity index (χ3v) is 3.77. The minimum absolute atomic E-state index is 0.0642. The summed E-state index contributed by atoms with van der Waals surface area (Å²) in [6, 6.07) is 5.40. The van der Waals surface area contributed by atoms with Crippen molar-refractivity contribution in [2.24, 2.45) is 0 Å². The summed E-state index contributed by atoms with van der Waals surface area (Å²) in [5.74, 6) is 0.763. The van der Waals surface area contributed by atoms with E-state index < -0.39 is 0 Å². The van der Waals surface area contributed by atoms with Gasteiger partial charge in [-0.15, -0.1) is 0 Å². The molecule has 0 spiro atoms. The molecule has 1 atom stereocenters. The highest BCUT2D eigenvalue weighted by molar-refractivity contribution is 5.35. The lowest BCUT2D eigenvalue weighted by Gasteiger charge is -2.25. The first kappa shape index (κ1) is 13.7. The van der Waals surface area contributed by atoms with Gasteiger partial charge >= 0.3 is 0 Å². The summed E-state index contributed by atoms with van der Waals surface area (Å²) < 4.78 is 1.52. The molecule has 110 valence electrons. The molecule has 0 aromatic carbocycles. The monoisotopic (exact) mass is 285 g/mol. The molecule has 0 N–H and O–H groups in total. The molecule has 1 saturated heterocycles. The average Bonchev–Trinajstić information content (AvgIpc) is 2.88. The van der Waals surface area contributed by atoms with Crippen LogP contribution in [0.3, 0.4) is 0 Å². The Bertz CT molecular complexity index is 676. The second-order valence-electron chi connectivity index (χ2n) is 5.48. The van der Waals surface area contributed by atoms with Crippen LogP contribution in [0.1, 0.15) is 24.2 Å². The Morgan fingerprint density at radius 3 is 2.76 bits per heavy atom. The quantitative estimate of drug-likeness (QED) is 0.851. The zero-order valence-electron chi connectivity index (χ0n) is 12.4. The smallest absolute Gasteiger partial charge is 0.266 e. The van der Waals surface area contributed by atoms with Gasteiger partial charge in [0.05, 0.1) is 12.6 Å². The molecule has 1 aliphatic rings. The van der Waals surface area contributed by atoms with E-state index in [-0.39, 0.29) is 11.6 Å². The Labute approximate surface area is 123 Å². The van der Waals surface area contributed by atoms with E-state index in [4.69, 9.17) is 0 Å². The summed E-state index contributed by atoms with van der Waals surface area (Å²) in [6.07, 6.45) is 3.76. The Morgan fingerprint density at radius 2 is 2.05 bits per heavy atom. The van der Waals surface area contributed by atoms with Crippen molar-refractivity contribution in [3.63, 3.8) is 0 Å². The molecule has 0 radical (unpaired) electrons. The molecular formula is C15H19N5O. The molecule has 0 aliphatic carbocycles. The third kappa shape index (κ3) is 2.94. The largest absolute Gasteiger partial charge is 0.336 e. The Balaban J connectivity index is 1.86. The summed E-state index contributed by atoms with van der Waals surface area (Å²) in [5.41, 5.74) is 1.88. The van der Waals surface area contributed by atoms with Crippen molar-refractivity contribution in [1.29, 1.82) is 0 Å². The highest BCUT2D eigenvalue weighted by atomic mass is 16.1. The molecule has 6 heteroatoms. The van der Waals surface area contributed by atoms with Crippen molar-refractivity contribution in [1.82, 2.24) is 19.7 Å². The van der Waals surface area contributed by atoms with E-state index in [0.29, 0.717) is 6.54 Å². The summed E-state index contributed by atoms with van der Waals surface area (Å²) in [4.78, 5) is 23.1. The van der Waals surface area contributed by atoms with E-state index in [9.17, 15) is 4.79 Å². The lowest BCUT2D eigenvalue weighted by atomic mass is 10.2. The zero-order valence-corrected chi connectivity index (χ0v) is 12.4. The Hall–Kier alpha value is -2.24. The van der Waals surface area contributed by atoms with Crippen LogP contribution in [0, 0.1) is 13.8 Å². The summed E-state index contributed by atoms with van der Waals surface area (Å²) in [6.45, 7) is 5.46. The normalized spacial score (nSPS) is 18.2. The van der Waals surface area contributed by atoms with Gasteiger partial charge < -0.3 is 4.90 Å². The van der Waals surface area contributed by atoms with Crippen LogP contribution in [0.5, 0.6) is 0 Å². The highest BCUT2D eigenvalue weighted by Crippen LogP contribution is 2.23. The molecule has 21 heavy (non-hydrogen) atoms. The standard InChI is InChI=1S/C15H19N5O/c1-11-9-12(2)18-15(17-11)19-8-4-5-13(19)10-20-14(21)6-3-7-16-20/h3,6-7,9,13H,4-5,8,10H2,1-2H3. The third-order valence-electron chi connectivity index (χ3n) is 3.77. The number of anilines is 1. The van der Waals surface area contributed by atoms with E-state index in [0.717, 1.165) is 36.7 Å². The number of hydrogen-bond donors (Lipinski definition) is 0. The van der Waals surface area contributed by atoms with Crippen LogP contribution in [0.25, 0.3) is 0 Å². The van der Waals surface area contributed by atoms with Gasteiger partial charge in [-0.25, -0.2) is 14.6 Å². The van der Waals surface area contributed by atoms with Gasteiger partial charge in [-0.1, -0.05) is 0 Å². The average molecular weight is 285 g/mol. The van der Waals surface area contributed by atoms with Crippen molar-refractivity contribution in [2.45, 2.75) is 39.3 Å². The van der Waals surface area contributed by atoms with Crippen LogP contribution in [0.4, 0.5) is 5.95 Å². The van der Waals surface area contributed by atoms with E-state index in [1.807, 2.05) is 19.9 Å². The molecule has 1 unspecified atom stereocenters. The van der Waals surface area contributed by atoms with E-state index in [1.54, 1.807) is 18.3 Å². The van der Waals surface area contributed by atoms with Crippen molar-refractivity contribution in [3.8, 4) is 0 Å². The maximum absolute atomic E-state index is 11.8. The van der Waals surface area contributed by atoms with Crippen molar-refractivity contribution in [3.05, 3.63) is 46.1 Å². The molecule has 1 aliphatic heterocycles. The molecule has 2 aromatic rings. The summed E-state index contributed by atoms with van der Waals surface area (Å²) in [5, 5.41) is 4.14. The number of hydrogen-bond acceptors (Lipinski definition) is 5. The second kappa shape index (κ2) is 5.63. The molecule has 0 saturated carbocycles. The first-order chi connectivity index (χ1) is 10.1. The molecule has 3 heterocycles. The number of rotatable bonds is 3. The molecule has 0 bridgehead atoms. The van der Waals surface area contributed by atoms with Crippen LogP contribution in [0.15, 0.2) is 29.2 Å². The van der Waals surface area contributed by atoms with Gasteiger partial charge in [-0.2, -0.15) is 5.10 Å². The van der Waals surface area contributed by atoms with Crippen molar-refractivity contribution < 1.29 is 0 Å². The fraction of sp³-hybridized carbons (Fsp3) is 0.467. The van der Waals surface area contributed by atoms with Gasteiger partial charge in [-0.05, 0) is 38.8 Å². The topological polar surface area (TPSA) is 63.9 Å². The fourth-order valence-corrected chi connectivity index (χ4v) is 2.85. The first-order valence-corrected chi connectivity index (χ1v) is 7.24. The van der Waals surface area contributed by atoms with Crippen LogP contribution in [-0.4, -0.2) is 32.3 Å². The second-order valence-corrected chi connectivity index (χ2v) is 5.48. The van der Waals surface area contributed by atoms with Crippen LogP contribution < -0.4 is 10.5 Å². The summed E-state index contributed by atoms with van der Waals surface area (Å²) in [7, 11) is 0. The number of aromatic nitrogens is 4. The lowest BCUT2D eigenvalue weighted by Crippen LogP contribution is -2.37. The number of aryl methyl sites for hydroxylation is 2. The van der Waals surface area contributed by atoms with Crippen LogP contribution in [0.2, 0.25) is 0 Å². The number of nitrogens with zero attached hydrogens (tertiary/aromatic N) is 5. The lowest BCUT2D eigenvalue weighted by molar-refractivity contribution is 0.485. The van der Waals surface area contributed by atoms with Crippen LogP contribution in [-0.2, 0) is 6.54 Å². The predicted octanol–water partition coefficient (Wildman–Crippen LogP) is 1.32. The predicted molar refractivity (Wildman–Crippen MR) is 80.4 cm³/mol. The van der Waals surface area contributed by atoms with Crippen molar-refractivity contribution in [2.75, 3.05) is 11.4 Å².